The van der Waals surface area contributed by atoms with Crippen LogP contribution in [0.2, 0.25) is 0 Å². The highest BCUT2D eigenvalue weighted by Crippen LogP contribution is 2.23. The Bertz CT molecular complexity index is 986. The first kappa shape index (κ1) is 18.1. The number of carboxylic acids is 1. The average molecular weight is 377 g/mol. The number of benzene rings is 1. The van der Waals surface area contributed by atoms with Gasteiger partial charge in [-0.05, 0) is 24.5 Å². The number of nitrogens with zero attached hydrogens (tertiary/aromatic N) is 3. The average Bonchev–Trinajstić information content (AvgIpc) is 3.08. The van der Waals surface area contributed by atoms with Gasteiger partial charge in [0.05, 0.1) is 0 Å². The van der Waals surface area contributed by atoms with Crippen LogP contribution in [-0.4, -0.2) is 25.6 Å². The van der Waals surface area contributed by atoms with E-state index >= 15 is 0 Å². The first-order chi connectivity index (χ1) is 12.6. The minimum Gasteiger partial charge on any atom is -0.481 e. The molecule has 0 saturated carbocycles. The van der Waals surface area contributed by atoms with Gasteiger partial charge in [0.15, 0.2) is 11.6 Å². The molecule has 7 nitrogen and oxygen atoms in total. The van der Waals surface area contributed by atoms with Crippen LogP contribution in [0.4, 0.5) is 4.39 Å². The standard InChI is InChI=1S/C17H16FN3O4S/c18-12-6-2-1-5-11(12)9-26-17-20-15-14(25-10-19-15)16(24)21(17)8-4-3-7-13(22)23/h1-2,5-6,10H,3-4,7-9H2,(H,22,23). The summed E-state index contributed by atoms with van der Waals surface area (Å²) in [4.78, 5) is 31.5. The Morgan fingerprint density at radius 1 is 1.31 bits per heavy atom. The zero-order chi connectivity index (χ0) is 18.5. The van der Waals surface area contributed by atoms with E-state index in [1.54, 1.807) is 18.2 Å². The van der Waals surface area contributed by atoms with Crippen LogP contribution in [0.15, 0.2) is 45.0 Å². The zero-order valence-corrected chi connectivity index (χ0v) is 14.5. The van der Waals surface area contributed by atoms with Crippen LogP contribution >= 0.6 is 11.8 Å². The molecule has 0 fully saturated rings. The van der Waals surface area contributed by atoms with Gasteiger partial charge in [-0.2, -0.15) is 4.98 Å². The van der Waals surface area contributed by atoms with Gasteiger partial charge in [-0.3, -0.25) is 14.2 Å². The van der Waals surface area contributed by atoms with Crippen LogP contribution in [0, 0.1) is 5.82 Å². The number of hydrogen-bond donors (Lipinski definition) is 1. The van der Waals surface area contributed by atoms with Crippen molar-refractivity contribution in [1.82, 2.24) is 14.5 Å². The summed E-state index contributed by atoms with van der Waals surface area (Å²) in [5, 5.41) is 9.12. The van der Waals surface area contributed by atoms with Crippen molar-refractivity contribution in [2.24, 2.45) is 0 Å². The number of carbonyl (C=O) groups is 1. The Morgan fingerprint density at radius 2 is 2.12 bits per heavy atom. The molecule has 2 aromatic heterocycles. The molecule has 3 aromatic rings. The number of thioether (sulfide) groups is 1. The second kappa shape index (κ2) is 8.13. The van der Waals surface area contributed by atoms with Crippen molar-refractivity contribution in [3.63, 3.8) is 0 Å². The highest BCUT2D eigenvalue weighted by atomic mass is 32.2. The third kappa shape index (κ3) is 4.10. The number of rotatable bonds is 8. The van der Waals surface area contributed by atoms with E-state index in [-0.39, 0.29) is 29.0 Å². The lowest BCUT2D eigenvalue weighted by atomic mass is 10.2. The summed E-state index contributed by atoms with van der Waals surface area (Å²) in [7, 11) is 0. The number of aliphatic carboxylic acids is 1. The fraction of sp³-hybridized carbons (Fsp3) is 0.294. The van der Waals surface area contributed by atoms with E-state index in [0.717, 1.165) is 6.39 Å². The smallest absolute Gasteiger partial charge is 0.303 e. The molecule has 3 rings (SSSR count). The van der Waals surface area contributed by atoms with Crippen molar-refractivity contribution in [3.05, 3.63) is 52.4 Å². The Hall–Kier alpha value is -2.68. The molecule has 2 heterocycles. The Kier molecular flexibility index (Phi) is 5.67. The predicted molar refractivity (Wildman–Crippen MR) is 93.5 cm³/mol. The summed E-state index contributed by atoms with van der Waals surface area (Å²) in [5.41, 5.74) is 0.384. The van der Waals surface area contributed by atoms with E-state index in [2.05, 4.69) is 9.97 Å². The molecule has 0 unspecified atom stereocenters. The van der Waals surface area contributed by atoms with Gasteiger partial charge in [0.25, 0.3) is 5.56 Å². The number of hydrogen-bond acceptors (Lipinski definition) is 6. The molecule has 26 heavy (non-hydrogen) atoms. The van der Waals surface area contributed by atoms with Gasteiger partial charge >= 0.3 is 5.97 Å². The van der Waals surface area contributed by atoms with Crippen LogP contribution in [0.1, 0.15) is 24.8 Å². The van der Waals surface area contributed by atoms with Crippen LogP contribution in [0.3, 0.4) is 0 Å². The summed E-state index contributed by atoms with van der Waals surface area (Å²) < 4.78 is 20.3. The van der Waals surface area contributed by atoms with Gasteiger partial charge in [0.1, 0.15) is 5.82 Å². The molecule has 0 radical (unpaired) electrons. The topological polar surface area (TPSA) is 98.2 Å². The molecule has 1 N–H and O–H groups in total. The first-order valence-corrected chi connectivity index (χ1v) is 8.97. The number of unbranched alkanes of at least 4 members (excludes halogenated alkanes) is 1. The largest absolute Gasteiger partial charge is 0.481 e. The molecule has 0 aliphatic heterocycles. The molecule has 0 amide bonds. The predicted octanol–water partition coefficient (Wildman–Crippen LogP) is 3.07. The lowest BCUT2D eigenvalue weighted by Crippen LogP contribution is -2.23. The summed E-state index contributed by atoms with van der Waals surface area (Å²) in [5.74, 6) is -0.898. The first-order valence-electron chi connectivity index (χ1n) is 7.98. The fourth-order valence-corrected chi connectivity index (χ4v) is 3.44. The highest BCUT2D eigenvalue weighted by molar-refractivity contribution is 7.98. The number of oxazole rings is 1. The van der Waals surface area contributed by atoms with Crippen molar-refractivity contribution < 1.29 is 18.7 Å². The van der Waals surface area contributed by atoms with Gasteiger partial charge in [-0.25, -0.2) is 9.37 Å². The summed E-state index contributed by atoms with van der Waals surface area (Å²) in [6.45, 7) is 0.301. The molecular weight excluding hydrogens is 361 g/mol. The van der Waals surface area contributed by atoms with Crippen LogP contribution in [-0.2, 0) is 17.1 Å². The minimum atomic E-state index is -0.879. The second-order valence-corrected chi connectivity index (χ2v) is 6.53. The van der Waals surface area contributed by atoms with Crippen molar-refractivity contribution in [3.8, 4) is 0 Å². The maximum atomic E-state index is 13.8. The lowest BCUT2D eigenvalue weighted by Gasteiger charge is -2.11. The number of aromatic nitrogens is 3. The molecule has 0 spiro atoms. The summed E-state index contributed by atoms with van der Waals surface area (Å²) in [6, 6.07) is 6.41. The maximum Gasteiger partial charge on any atom is 0.303 e. The zero-order valence-electron chi connectivity index (χ0n) is 13.7. The molecule has 9 heteroatoms. The van der Waals surface area contributed by atoms with E-state index in [0.29, 0.717) is 35.9 Å². The SMILES string of the molecule is O=C(O)CCCCn1c(SCc2ccccc2F)nc2ncoc2c1=O. The second-order valence-electron chi connectivity index (χ2n) is 5.59. The Balaban J connectivity index is 1.84. The third-order valence-electron chi connectivity index (χ3n) is 3.76. The van der Waals surface area contributed by atoms with E-state index in [9.17, 15) is 14.0 Å². The van der Waals surface area contributed by atoms with Gasteiger partial charge in [-0.15, -0.1) is 0 Å². The molecule has 0 aliphatic carbocycles. The monoisotopic (exact) mass is 377 g/mol. The lowest BCUT2D eigenvalue weighted by molar-refractivity contribution is -0.137. The van der Waals surface area contributed by atoms with Crippen molar-refractivity contribution in [2.45, 2.75) is 36.7 Å². The van der Waals surface area contributed by atoms with Gasteiger partial charge in [0, 0.05) is 18.7 Å². The molecule has 0 aliphatic rings. The number of halogens is 1. The quantitative estimate of drug-likeness (QED) is 0.366. The molecular formula is C17H16FN3O4S. The van der Waals surface area contributed by atoms with Crippen molar-refractivity contribution in [1.29, 1.82) is 0 Å². The molecule has 0 atom stereocenters. The van der Waals surface area contributed by atoms with Gasteiger partial charge in [0.2, 0.25) is 11.2 Å². The van der Waals surface area contributed by atoms with Crippen molar-refractivity contribution in [2.75, 3.05) is 0 Å². The summed E-state index contributed by atoms with van der Waals surface area (Å²) in [6.07, 6.45) is 2.12. The molecule has 0 bridgehead atoms. The number of fused-ring (bicyclic) bond motifs is 1. The van der Waals surface area contributed by atoms with E-state index in [1.165, 1.54) is 22.4 Å². The highest BCUT2D eigenvalue weighted by Gasteiger charge is 2.15. The van der Waals surface area contributed by atoms with Crippen LogP contribution in [0.25, 0.3) is 11.2 Å². The van der Waals surface area contributed by atoms with Crippen LogP contribution in [0.5, 0.6) is 0 Å². The van der Waals surface area contributed by atoms with Crippen LogP contribution < -0.4 is 5.56 Å². The van der Waals surface area contributed by atoms with Crippen molar-refractivity contribution >= 4 is 29.0 Å². The van der Waals surface area contributed by atoms with E-state index in [4.69, 9.17) is 9.52 Å². The Morgan fingerprint density at radius 3 is 2.88 bits per heavy atom. The van der Waals surface area contributed by atoms with E-state index in [1.807, 2.05) is 0 Å². The van der Waals surface area contributed by atoms with Gasteiger partial charge < -0.3 is 9.52 Å². The van der Waals surface area contributed by atoms with E-state index < -0.39 is 5.97 Å². The maximum absolute atomic E-state index is 13.8. The molecule has 136 valence electrons. The minimum absolute atomic E-state index is 0.0322. The third-order valence-corrected chi connectivity index (χ3v) is 4.78. The molecule has 1 aromatic carbocycles. The number of carboxylic acid groups (broad SMARTS) is 1. The normalized spacial score (nSPS) is 11.1. The molecule has 0 saturated heterocycles. The van der Waals surface area contributed by atoms with Gasteiger partial charge in [-0.1, -0.05) is 30.0 Å². The fourth-order valence-electron chi connectivity index (χ4n) is 2.44. The Labute approximate surface area is 151 Å². The summed E-state index contributed by atoms with van der Waals surface area (Å²) >= 11 is 1.22.